The van der Waals surface area contributed by atoms with Crippen molar-refractivity contribution >= 4 is 24.2 Å². The lowest BCUT2D eigenvalue weighted by atomic mass is 9.77. The summed E-state index contributed by atoms with van der Waals surface area (Å²) in [7, 11) is -1.59. The summed E-state index contributed by atoms with van der Waals surface area (Å²) in [5.41, 5.74) is 6.57. The van der Waals surface area contributed by atoms with E-state index in [0.717, 1.165) is 25.9 Å². The van der Waals surface area contributed by atoms with Gasteiger partial charge in [0.05, 0.1) is 5.56 Å². The van der Waals surface area contributed by atoms with E-state index in [1.807, 2.05) is 4.90 Å². The summed E-state index contributed by atoms with van der Waals surface area (Å²) in [6.07, 6.45) is 2.07. The third-order valence-corrected chi connectivity index (χ3v) is 3.03. The highest BCUT2D eigenvalue weighted by atomic mass is 16.4. The predicted octanol–water partition coefficient (Wildman–Crippen LogP) is -0.935. The Kier molecular flexibility index (Phi) is 3.35. The Labute approximate surface area is 100.0 Å². The second-order valence-corrected chi connectivity index (χ2v) is 4.18. The maximum Gasteiger partial charge on any atom is 0.490 e. The molecular formula is C11H15BN2O3. The number of nitrogens with zero attached hydrogens (tertiary/aromatic N) is 1. The van der Waals surface area contributed by atoms with Crippen molar-refractivity contribution < 1.29 is 14.8 Å². The molecule has 0 atom stereocenters. The van der Waals surface area contributed by atoms with E-state index < -0.39 is 13.0 Å². The lowest BCUT2D eigenvalue weighted by Crippen LogP contribution is -2.38. The van der Waals surface area contributed by atoms with Gasteiger partial charge in [-0.1, -0.05) is 12.1 Å². The molecule has 1 heterocycles. The molecular weight excluding hydrogens is 219 g/mol. The van der Waals surface area contributed by atoms with Crippen molar-refractivity contribution in [2.45, 2.75) is 12.8 Å². The zero-order valence-electron chi connectivity index (χ0n) is 9.47. The maximum absolute atomic E-state index is 11.4. The van der Waals surface area contributed by atoms with Crippen LogP contribution in [-0.2, 0) is 0 Å². The molecule has 2 rings (SSSR count). The fourth-order valence-electron chi connectivity index (χ4n) is 2.26. The number of hydrogen-bond donors (Lipinski definition) is 3. The topological polar surface area (TPSA) is 86.8 Å². The van der Waals surface area contributed by atoms with Gasteiger partial charge in [0.25, 0.3) is 5.91 Å². The third kappa shape index (κ3) is 2.27. The van der Waals surface area contributed by atoms with Crippen LogP contribution in [0.3, 0.4) is 0 Å². The average Bonchev–Trinajstić information content (AvgIpc) is 2.80. The second kappa shape index (κ2) is 4.77. The van der Waals surface area contributed by atoms with Crippen LogP contribution < -0.4 is 16.1 Å². The molecule has 1 fully saturated rings. The average molecular weight is 234 g/mol. The smallest absolute Gasteiger partial charge is 0.423 e. The summed E-state index contributed by atoms with van der Waals surface area (Å²) in [5, 5.41) is 18.7. The van der Waals surface area contributed by atoms with Crippen molar-refractivity contribution in [1.29, 1.82) is 0 Å². The van der Waals surface area contributed by atoms with Crippen LogP contribution in [0, 0.1) is 0 Å². The first-order valence-electron chi connectivity index (χ1n) is 5.65. The molecule has 0 aliphatic carbocycles. The van der Waals surface area contributed by atoms with Crippen LogP contribution in [0.15, 0.2) is 18.2 Å². The molecule has 0 unspecified atom stereocenters. The van der Waals surface area contributed by atoms with Crippen LogP contribution in [0.2, 0.25) is 0 Å². The van der Waals surface area contributed by atoms with Crippen LogP contribution in [0.4, 0.5) is 5.69 Å². The minimum absolute atomic E-state index is 0.336. The number of anilines is 1. The van der Waals surface area contributed by atoms with Gasteiger partial charge in [-0.05, 0) is 18.9 Å². The molecule has 0 bridgehead atoms. The quantitative estimate of drug-likeness (QED) is 0.589. The van der Waals surface area contributed by atoms with E-state index in [4.69, 9.17) is 5.73 Å². The normalized spacial score (nSPS) is 15.1. The molecule has 0 radical (unpaired) electrons. The summed E-state index contributed by atoms with van der Waals surface area (Å²) < 4.78 is 0. The van der Waals surface area contributed by atoms with Gasteiger partial charge in [-0.25, -0.2) is 0 Å². The zero-order valence-corrected chi connectivity index (χ0v) is 9.47. The van der Waals surface area contributed by atoms with Crippen molar-refractivity contribution in [2.24, 2.45) is 5.73 Å². The summed E-state index contributed by atoms with van der Waals surface area (Å²) in [4.78, 5) is 13.4. The minimum atomic E-state index is -1.59. The molecule has 4 N–H and O–H groups in total. The number of carbonyl (C=O) groups excluding carboxylic acids is 1. The number of rotatable bonds is 3. The third-order valence-electron chi connectivity index (χ3n) is 3.03. The van der Waals surface area contributed by atoms with Crippen LogP contribution in [-0.4, -0.2) is 36.2 Å². The van der Waals surface area contributed by atoms with Crippen molar-refractivity contribution in [1.82, 2.24) is 0 Å². The summed E-state index contributed by atoms with van der Waals surface area (Å²) in [6, 6.07) is 4.82. The van der Waals surface area contributed by atoms with E-state index in [1.165, 1.54) is 0 Å². The first-order chi connectivity index (χ1) is 8.11. The predicted molar refractivity (Wildman–Crippen MR) is 66.2 cm³/mol. The number of carbonyl (C=O) groups is 1. The number of para-hydroxylation sites is 1. The van der Waals surface area contributed by atoms with Crippen molar-refractivity contribution in [3.63, 3.8) is 0 Å². The van der Waals surface area contributed by atoms with Crippen LogP contribution >= 0.6 is 0 Å². The molecule has 0 aromatic heterocycles. The molecule has 17 heavy (non-hydrogen) atoms. The zero-order chi connectivity index (χ0) is 12.4. The lowest BCUT2D eigenvalue weighted by Gasteiger charge is -2.23. The summed E-state index contributed by atoms with van der Waals surface area (Å²) >= 11 is 0. The van der Waals surface area contributed by atoms with Gasteiger partial charge in [0.15, 0.2) is 0 Å². The monoisotopic (exact) mass is 234 g/mol. The van der Waals surface area contributed by atoms with Crippen LogP contribution in [0.1, 0.15) is 23.2 Å². The van der Waals surface area contributed by atoms with Gasteiger partial charge in [0.1, 0.15) is 0 Å². The highest BCUT2D eigenvalue weighted by molar-refractivity contribution is 6.61. The van der Waals surface area contributed by atoms with Gasteiger partial charge in [-0.3, -0.25) is 4.79 Å². The van der Waals surface area contributed by atoms with Crippen LogP contribution in [0.5, 0.6) is 0 Å². The van der Waals surface area contributed by atoms with E-state index in [1.54, 1.807) is 18.2 Å². The molecule has 1 aromatic rings. The fourth-order valence-corrected chi connectivity index (χ4v) is 2.26. The Balaban J connectivity index is 2.53. The minimum Gasteiger partial charge on any atom is -0.423 e. The molecule has 6 heteroatoms. The Morgan fingerprint density at radius 1 is 1.29 bits per heavy atom. The van der Waals surface area contributed by atoms with Gasteiger partial charge in [0, 0.05) is 24.2 Å². The molecule has 90 valence electrons. The molecule has 1 amide bonds. The lowest BCUT2D eigenvalue weighted by molar-refractivity contribution is 0.100. The Morgan fingerprint density at radius 2 is 1.94 bits per heavy atom. The standard InChI is InChI=1S/C11H15BN2O3/c13-11(15)8-4-3-5-9(12(16)17)10(8)14-6-1-2-7-14/h3-5,16-17H,1-2,6-7H2,(H2,13,15). The van der Waals surface area contributed by atoms with Crippen molar-refractivity contribution in [2.75, 3.05) is 18.0 Å². The van der Waals surface area contributed by atoms with E-state index in [0.29, 0.717) is 16.7 Å². The number of hydrogen-bond acceptors (Lipinski definition) is 4. The van der Waals surface area contributed by atoms with Gasteiger partial charge in [0.2, 0.25) is 0 Å². The van der Waals surface area contributed by atoms with Gasteiger partial charge >= 0.3 is 7.12 Å². The van der Waals surface area contributed by atoms with E-state index in [-0.39, 0.29) is 0 Å². The molecule has 1 aliphatic rings. The highest BCUT2D eigenvalue weighted by Gasteiger charge is 2.26. The van der Waals surface area contributed by atoms with Gasteiger partial charge in [-0.15, -0.1) is 0 Å². The van der Waals surface area contributed by atoms with Gasteiger partial charge in [-0.2, -0.15) is 0 Å². The van der Waals surface area contributed by atoms with Crippen molar-refractivity contribution in [3.8, 4) is 0 Å². The molecule has 1 saturated heterocycles. The SMILES string of the molecule is NC(=O)c1cccc(B(O)O)c1N1CCCC1. The van der Waals surface area contributed by atoms with Gasteiger partial charge < -0.3 is 20.7 Å². The maximum atomic E-state index is 11.4. The number of nitrogens with two attached hydrogens (primary N) is 1. The van der Waals surface area contributed by atoms with E-state index in [9.17, 15) is 14.8 Å². The first kappa shape index (κ1) is 11.9. The molecule has 0 spiro atoms. The summed E-state index contributed by atoms with van der Waals surface area (Å²) in [6.45, 7) is 1.62. The van der Waals surface area contributed by atoms with E-state index in [2.05, 4.69) is 0 Å². The molecule has 1 aliphatic heterocycles. The van der Waals surface area contributed by atoms with Crippen LogP contribution in [0.25, 0.3) is 0 Å². The Morgan fingerprint density at radius 3 is 2.47 bits per heavy atom. The largest absolute Gasteiger partial charge is 0.490 e. The Hall–Kier alpha value is -1.53. The number of benzene rings is 1. The fraction of sp³-hybridized carbons (Fsp3) is 0.364. The molecule has 5 nitrogen and oxygen atoms in total. The summed E-state index contributed by atoms with van der Waals surface area (Å²) in [5.74, 6) is -0.547. The number of amides is 1. The first-order valence-corrected chi connectivity index (χ1v) is 5.65. The second-order valence-electron chi connectivity index (χ2n) is 4.18. The van der Waals surface area contributed by atoms with Crippen molar-refractivity contribution in [3.05, 3.63) is 23.8 Å². The highest BCUT2D eigenvalue weighted by Crippen LogP contribution is 2.22. The molecule has 1 aromatic carbocycles. The number of primary amides is 1. The van der Waals surface area contributed by atoms with E-state index >= 15 is 0 Å². The molecule has 0 saturated carbocycles. The Bertz CT molecular complexity index is 431.